The standard InChI is InChI=1S/C21H22FN5O3/c1-14-19(27(26-25-14)18-5-3-16(22)4-6-18)13-30-20-7-2-15(12-23-20)21(28)24-17-8-10-29-11-9-17/h2-7,12,17H,8-11,13H2,1H3,(H,24,28). The number of hydrogen-bond acceptors (Lipinski definition) is 6. The predicted octanol–water partition coefficient (Wildman–Crippen LogP) is 2.60. The number of nitrogens with zero attached hydrogens (tertiary/aromatic N) is 4. The fraction of sp³-hybridized carbons (Fsp3) is 0.333. The first-order valence-corrected chi connectivity index (χ1v) is 9.75. The van der Waals surface area contributed by atoms with Crippen LogP contribution in [-0.4, -0.2) is 45.1 Å². The third-order valence-electron chi connectivity index (χ3n) is 4.94. The van der Waals surface area contributed by atoms with Crippen molar-refractivity contribution in [3.63, 3.8) is 0 Å². The van der Waals surface area contributed by atoms with Gasteiger partial charge in [0.1, 0.15) is 18.1 Å². The summed E-state index contributed by atoms with van der Waals surface area (Å²) in [6.45, 7) is 3.33. The second-order valence-corrected chi connectivity index (χ2v) is 7.04. The molecule has 0 saturated carbocycles. The Morgan fingerprint density at radius 1 is 1.23 bits per heavy atom. The monoisotopic (exact) mass is 411 g/mol. The molecule has 3 aromatic rings. The van der Waals surface area contributed by atoms with Crippen LogP contribution in [0.3, 0.4) is 0 Å². The van der Waals surface area contributed by atoms with E-state index in [-0.39, 0.29) is 24.4 Å². The Kier molecular flexibility index (Phi) is 5.99. The van der Waals surface area contributed by atoms with Crippen LogP contribution >= 0.6 is 0 Å². The SMILES string of the molecule is Cc1nnn(-c2ccc(F)cc2)c1COc1ccc(C(=O)NC2CCOCC2)cn1. The predicted molar refractivity (Wildman–Crippen MR) is 106 cm³/mol. The number of hydrogen-bond donors (Lipinski definition) is 1. The summed E-state index contributed by atoms with van der Waals surface area (Å²) >= 11 is 0. The van der Waals surface area contributed by atoms with Crippen molar-refractivity contribution in [1.29, 1.82) is 0 Å². The Bertz CT molecular complexity index is 998. The summed E-state index contributed by atoms with van der Waals surface area (Å²) in [4.78, 5) is 16.6. The molecular weight excluding hydrogens is 389 g/mol. The van der Waals surface area contributed by atoms with Crippen molar-refractivity contribution < 1.29 is 18.7 Å². The Balaban J connectivity index is 1.39. The van der Waals surface area contributed by atoms with Gasteiger partial charge in [-0.2, -0.15) is 0 Å². The van der Waals surface area contributed by atoms with E-state index in [4.69, 9.17) is 9.47 Å². The van der Waals surface area contributed by atoms with Gasteiger partial charge in [-0.25, -0.2) is 14.1 Å². The number of aryl methyl sites for hydroxylation is 1. The van der Waals surface area contributed by atoms with Crippen LogP contribution in [0.1, 0.15) is 34.6 Å². The lowest BCUT2D eigenvalue weighted by Crippen LogP contribution is -2.38. The van der Waals surface area contributed by atoms with Gasteiger partial charge in [0.15, 0.2) is 0 Å². The molecule has 1 fully saturated rings. The molecule has 4 rings (SSSR count). The first-order valence-electron chi connectivity index (χ1n) is 9.75. The van der Waals surface area contributed by atoms with E-state index in [1.54, 1.807) is 28.9 Å². The Morgan fingerprint density at radius 2 is 2.00 bits per heavy atom. The van der Waals surface area contributed by atoms with Crippen LogP contribution in [0.4, 0.5) is 4.39 Å². The van der Waals surface area contributed by atoms with Crippen LogP contribution in [0.5, 0.6) is 5.88 Å². The van der Waals surface area contributed by atoms with Crippen LogP contribution in [0.15, 0.2) is 42.6 Å². The third-order valence-corrected chi connectivity index (χ3v) is 4.94. The second kappa shape index (κ2) is 9.00. The minimum Gasteiger partial charge on any atom is -0.471 e. The van der Waals surface area contributed by atoms with Gasteiger partial charge in [-0.1, -0.05) is 5.21 Å². The number of carbonyl (C=O) groups is 1. The molecular formula is C21H22FN5O3. The Labute approximate surface area is 173 Å². The first-order chi connectivity index (χ1) is 14.6. The molecule has 156 valence electrons. The van der Waals surface area contributed by atoms with E-state index in [1.165, 1.54) is 18.3 Å². The van der Waals surface area contributed by atoms with Crippen molar-refractivity contribution in [1.82, 2.24) is 25.3 Å². The molecule has 1 aromatic carbocycles. The van der Waals surface area contributed by atoms with Crippen LogP contribution in [0.2, 0.25) is 0 Å². The molecule has 8 nitrogen and oxygen atoms in total. The number of rotatable bonds is 6. The molecule has 3 heterocycles. The van der Waals surface area contributed by atoms with Gasteiger partial charge in [0.2, 0.25) is 5.88 Å². The van der Waals surface area contributed by atoms with Crippen molar-refractivity contribution >= 4 is 5.91 Å². The average Bonchev–Trinajstić information content (AvgIpc) is 3.14. The number of amides is 1. The van der Waals surface area contributed by atoms with Crippen molar-refractivity contribution in [2.24, 2.45) is 0 Å². The molecule has 9 heteroatoms. The summed E-state index contributed by atoms with van der Waals surface area (Å²) in [7, 11) is 0. The molecule has 0 aliphatic carbocycles. The smallest absolute Gasteiger partial charge is 0.253 e. The summed E-state index contributed by atoms with van der Waals surface area (Å²) in [5.41, 5.74) is 2.59. The van der Waals surface area contributed by atoms with Gasteiger partial charge >= 0.3 is 0 Å². The molecule has 0 bridgehead atoms. The van der Waals surface area contributed by atoms with Crippen molar-refractivity contribution in [3.8, 4) is 11.6 Å². The molecule has 2 aromatic heterocycles. The summed E-state index contributed by atoms with van der Waals surface area (Å²) < 4.78 is 25.9. The van der Waals surface area contributed by atoms with Crippen molar-refractivity contribution in [2.45, 2.75) is 32.4 Å². The molecule has 0 spiro atoms. The minimum atomic E-state index is -0.321. The quantitative estimate of drug-likeness (QED) is 0.671. The molecule has 0 radical (unpaired) electrons. The van der Waals surface area contributed by atoms with Crippen molar-refractivity contribution in [2.75, 3.05) is 13.2 Å². The minimum absolute atomic E-state index is 0.129. The largest absolute Gasteiger partial charge is 0.471 e. The molecule has 1 aliphatic rings. The Hall–Kier alpha value is -3.33. The number of ether oxygens (including phenoxy) is 2. The fourth-order valence-corrected chi connectivity index (χ4v) is 3.19. The van der Waals surface area contributed by atoms with Crippen molar-refractivity contribution in [3.05, 3.63) is 65.4 Å². The summed E-state index contributed by atoms with van der Waals surface area (Å²) in [6, 6.07) is 9.43. The maximum atomic E-state index is 13.2. The number of nitrogens with one attached hydrogen (secondary N) is 1. The number of halogens is 1. The van der Waals surface area contributed by atoms with Crippen LogP contribution in [0.25, 0.3) is 5.69 Å². The van der Waals surface area contributed by atoms with Gasteiger partial charge in [0.25, 0.3) is 5.91 Å². The zero-order chi connectivity index (χ0) is 20.9. The van der Waals surface area contributed by atoms with Crippen LogP contribution in [-0.2, 0) is 11.3 Å². The maximum Gasteiger partial charge on any atom is 0.253 e. The van der Waals surface area contributed by atoms with Gasteiger partial charge in [0, 0.05) is 31.5 Å². The molecule has 0 unspecified atom stereocenters. The van der Waals surface area contributed by atoms with E-state index in [1.807, 2.05) is 6.92 Å². The number of carbonyl (C=O) groups excluding carboxylic acids is 1. The fourth-order valence-electron chi connectivity index (χ4n) is 3.19. The summed E-state index contributed by atoms with van der Waals surface area (Å²) in [5, 5.41) is 11.2. The van der Waals surface area contributed by atoms with E-state index in [2.05, 4.69) is 20.6 Å². The van der Waals surface area contributed by atoms with Gasteiger partial charge in [-0.15, -0.1) is 5.10 Å². The molecule has 1 saturated heterocycles. The van der Waals surface area contributed by atoms with Gasteiger partial charge < -0.3 is 14.8 Å². The number of pyridine rings is 1. The van der Waals surface area contributed by atoms with Crippen LogP contribution in [0, 0.1) is 12.7 Å². The highest BCUT2D eigenvalue weighted by molar-refractivity contribution is 5.94. The lowest BCUT2D eigenvalue weighted by molar-refractivity contribution is 0.0696. The zero-order valence-electron chi connectivity index (χ0n) is 16.5. The molecule has 1 N–H and O–H groups in total. The highest BCUT2D eigenvalue weighted by Gasteiger charge is 2.17. The van der Waals surface area contributed by atoms with Gasteiger partial charge in [-0.3, -0.25) is 4.79 Å². The highest BCUT2D eigenvalue weighted by atomic mass is 19.1. The van der Waals surface area contributed by atoms with Gasteiger partial charge in [-0.05, 0) is 50.1 Å². The van der Waals surface area contributed by atoms with E-state index < -0.39 is 0 Å². The summed E-state index contributed by atoms with van der Waals surface area (Å²) in [5.74, 6) is -0.0993. The first kappa shape index (κ1) is 20.0. The number of aromatic nitrogens is 4. The lowest BCUT2D eigenvalue weighted by atomic mass is 10.1. The molecule has 1 aliphatic heterocycles. The zero-order valence-corrected chi connectivity index (χ0v) is 16.5. The van der Waals surface area contributed by atoms with E-state index in [0.29, 0.717) is 36.0 Å². The topological polar surface area (TPSA) is 91.2 Å². The van der Waals surface area contributed by atoms with E-state index >= 15 is 0 Å². The highest BCUT2D eigenvalue weighted by Crippen LogP contribution is 2.16. The maximum absolute atomic E-state index is 13.2. The Morgan fingerprint density at radius 3 is 2.70 bits per heavy atom. The average molecular weight is 411 g/mol. The summed E-state index contributed by atoms with van der Waals surface area (Å²) in [6.07, 6.45) is 3.12. The van der Waals surface area contributed by atoms with E-state index in [0.717, 1.165) is 18.5 Å². The van der Waals surface area contributed by atoms with Gasteiger partial charge in [0.05, 0.1) is 16.9 Å². The normalized spacial score (nSPS) is 14.5. The molecule has 0 atom stereocenters. The lowest BCUT2D eigenvalue weighted by Gasteiger charge is -2.23. The second-order valence-electron chi connectivity index (χ2n) is 7.04. The number of benzene rings is 1. The molecule has 1 amide bonds. The van der Waals surface area contributed by atoms with Crippen LogP contribution < -0.4 is 10.1 Å². The van der Waals surface area contributed by atoms with E-state index in [9.17, 15) is 9.18 Å². The third kappa shape index (κ3) is 4.62. The molecule has 30 heavy (non-hydrogen) atoms.